The number of aryl methyl sites for hydroxylation is 3. The first-order valence-corrected chi connectivity index (χ1v) is 12.3. The summed E-state index contributed by atoms with van der Waals surface area (Å²) in [6.07, 6.45) is 4.32. The Labute approximate surface area is 217 Å². The first kappa shape index (κ1) is 25.0. The van der Waals surface area contributed by atoms with Crippen molar-refractivity contribution in [3.63, 3.8) is 0 Å². The van der Waals surface area contributed by atoms with Gasteiger partial charge in [-0.1, -0.05) is 6.07 Å². The summed E-state index contributed by atoms with van der Waals surface area (Å²) in [6, 6.07) is 11.7. The maximum atomic E-state index is 13.2. The van der Waals surface area contributed by atoms with E-state index in [0.29, 0.717) is 17.1 Å². The number of carboxylic acids is 1. The summed E-state index contributed by atoms with van der Waals surface area (Å²) >= 11 is 0. The zero-order chi connectivity index (χ0) is 26.8. The van der Waals surface area contributed by atoms with E-state index in [-0.39, 0.29) is 52.9 Å². The quantitative estimate of drug-likeness (QED) is 0.165. The molecule has 38 heavy (non-hydrogen) atoms. The summed E-state index contributed by atoms with van der Waals surface area (Å²) in [4.78, 5) is 24.5. The van der Waals surface area contributed by atoms with Crippen molar-refractivity contribution in [3.05, 3.63) is 75.4 Å². The van der Waals surface area contributed by atoms with Crippen molar-refractivity contribution in [2.75, 3.05) is 18.5 Å². The monoisotopic (exact) mass is 517 g/mol. The molecule has 0 unspecified atom stereocenters. The van der Waals surface area contributed by atoms with Crippen LogP contribution >= 0.6 is 0 Å². The number of nitrogens with zero attached hydrogens (tertiary/aromatic N) is 3. The predicted molar refractivity (Wildman–Crippen MR) is 140 cm³/mol. The second kappa shape index (κ2) is 10.4. The maximum Gasteiger partial charge on any atom is 0.371 e. The van der Waals surface area contributed by atoms with E-state index < -0.39 is 5.97 Å². The number of carboxylic acid groups (broad SMARTS) is 1. The number of phenols is 1. The molecule has 5 N–H and O–H groups in total. The number of phenolic OH excluding ortho intramolecular Hbond substituents is 1. The Balaban J connectivity index is 1.52. The first-order valence-electron chi connectivity index (χ1n) is 12.3. The number of aromatic amines is 1. The fourth-order valence-electron chi connectivity index (χ4n) is 4.58. The Morgan fingerprint density at radius 3 is 2.63 bits per heavy atom. The Morgan fingerprint density at radius 2 is 1.89 bits per heavy atom. The topological polar surface area (TPSA) is 165 Å². The molecule has 0 aliphatic heterocycles. The number of nitrogens with one attached hydrogen (secondary N) is 2. The number of carbonyl (C=O) groups is 1. The van der Waals surface area contributed by atoms with Gasteiger partial charge in [0.1, 0.15) is 11.4 Å². The van der Waals surface area contributed by atoms with Gasteiger partial charge in [0.2, 0.25) is 5.76 Å². The van der Waals surface area contributed by atoms with Crippen LogP contribution in [-0.2, 0) is 12.8 Å². The van der Waals surface area contributed by atoms with E-state index in [0.717, 1.165) is 19.3 Å². The van der Waals surface area contributed by atoms with Crippen LogP contribution in [0.2, 0.25) is 0 Å². The Morgan fingerprint density at radius 1 is 1.11 bits per heavy atom. The zero-order valence-electron chi connectivity index (χ0n) is 20.7. The van der Waals surface area contributed by atoms with Crippen molar-refractivity contribution in [3.8, 4) is 22.8 Å². The lowest BCUT2D eigenvalue weighted by atomic mass is 9.91. The minimum atomic E-state index is -1.25. The summed E-state index contributed by atoms with van der Waals surface area (Å²) in [5.74, 6) is -1.74. The molecule has 196 valence electrons. The predicted octanol–water partition coefficient (Wildman–Crippen LogP) is 4.84. The Bertz CT molecular complexity index is 1600. The van der Waals surface area contributed by atoms with Gasteiger partial charge in [0, 0.05) is 12.2 Å². The molecule has 0 saturated carbocycles. The van der Waals surface area contributed by atoms with Gasteiger partial charge in [-0.05, 0) is 80.1 Å². The molecular formula is C27H27N5O6. The summed E-state index contributed by atoms with van der Waals surface area (Å²) in [5.41, 5.74) is 4.15. The average Bonchev–Trinajstić information content (AvgIpc) is 3.52. The molecule has 11 heteroatoms. The summed E-state index contributed by atoms with van der Waals surface area (Å²) in [5, 5.41) is 43.6. The molecule has 0 amide bonds. The van der Waals surface area contributed by atoms with Crippen molar-refractivity contribution in [1.82, 2.24) is 9.78 Å². The van der Waals surface area contributed by atoms with Crippen molar-refractivity contribution >= 4 is 23.0 Å². The third-order valence-electron chi connectivity index (χ3n) is 6.50. The van der Waals surface area contributed by atoms with Crippen LogP contribution in [0.4, 0.5) is 17.1 Å². The van der Waals surface area contributed by atoms with Crippen LogP contribution in [0.1, 0.15) is 40.2 Å². The smallest absolute Gasteiger partial charge is 0.371 e. The lowest BCUT2D eigenvalue weighted by molar-refractivity contribution is 0.0663. The van der Waals surface area contributed by atoms with Gasteiger partial charge in [-0.3, -0.25) is 9.89 Å². The number of aromatic hydroxyl groups is 1. The molecular weight excluding hydrogens is 490 g/mol. The van der Waals surface area contributed by atoms with Gasteiger partial charge in [0.25, 0.3) is 5.56 Å². The normalized spacial score (nSPS) is 13.1. The Hall–Kier alpha value is -4.64. The minimum Gasteiger partial charge on any atom is -0.505 e. The molecule has 1 aliphatic rings. The van der Waals surface area contributed by atoms with Crippen LogP contribution in [0, 0.1) is 6.92 Å². The van der Waals surface area contributed by atoms with Crippen LogP contribution in [0.3, 0.4) is 0 Å². The van der Waals surface area contributed by atoms with Gasteiger partial charge in [0.15, 0.2) is 11.4 Å². The van der Waals surface area contributed by atoms with Crippen LogP contribution < -0.4 is 10.9 Å². The maximum absolute atomic E-state index is 13.2. The van der Waals surface area contributed by atoms with Crippen LogP contribution in [0.25, 0.3) is 17.0 Å². The number of furan rings is 1. The van der Waals surface area contributed by atoms with E-state index in [1.165, 1.54) is 40.4 Å². The number of hydrogen-bond donors (Lipinski definition) is 5. The Kier molecular flexibility index (Phi) is 6.84. The SMILES string of the molecule is Cc1[nH]n(-c2ccc3c(c2)CCCC3)c(=O)c1N=Nc1cc(NCCO)cc(-c2ccc(C(=O)O)o2)c1O. The van der Waals surface area contributed by atoms with Crippen LogP contribution in [0.15, 0.2) is 61.9 Å². The second-order valence-corrected chi connectivity index (χ2v) is 9.10. The molecule has 0 radical (unpaired) electrons. The van der Waals surface area contributed by atoms with Gasteiger partial charge in [0.05, 0.1) is 23.6 Å². The first-order chi connectivity index (χ1) is 18.4. The number of aromatic carboxylic acids is 1. The number of benzene rings is 2. The van der Waals surface area contributed by atoms with E-state index >= 15 is 0 Å². The molecule has 0 saturated heterocycles. The van der Waals surface area contributed by atoms with Gasteiger partial charge >= 0.3 is 5.97 Å². The van der Waals surface area contributed by atoms with Gasteiger partial charge in [-0.25, -0.2) is 9.48 Å². The summed E-state index contributed by atoms with van der Waals surface area (Å²) in [6.45, 7) is 1.80. The molecule has 0 fully saturated rings. The fraction of sp³-hybridized carbons (Fsp3) is 0.259. The van der Waals surface area contributed by atoms with Gasteiger partial charge in [-0.15, -0.1) is 10.2 Å². The highest BCUT2D eigenvalue weighted by Crippen LogP contribution is 2.41. The summed E-state index contributed by atoms with van der Waals surface area (Å²) in [7, 11) is 0. The number of aliphatic hydroxyl groups is 1. The van der Waals surface area contributed by atoms with E-state index in [2.05, 4.69) is 26.7 Å². The molecule has 0 spiro atoms. The highest BCUT2D eigenvalue weighted by atomic mass is 16.4. The number of aliphatic hydroxyl groups excluding tert-OH is 1. The molecule has 11 nitrogen and oxygen atoms in total. The number of azo groups is 1. The standard InChI is InChI=1S/C27H27N5O6/c1-15-24(26(35)32(31-15)19-7-6-16-4-2-3-5-17(16)12-19)30-29-21-14-18(28-10-11-33)13-20(25(21)34)22-8-9-23(38-22)27(36)37/h6-9,12-14,28,31,33-34H,2-5,10-11H2,1H3,(H,36,37). The molecule has 1 aliphatic carbocycles. The molecule has 2 aromatic heterocycles. The largest absolute Gasteiger partial charge is 0.505 e. The van der Waals surface area contributed by atoms with Gasteiger partial charge in [-0.2, -0.15) is 0 Å². The lowest BCUT2D eigenvalue weighted by Gasteiger charge is -2.16. The van der Waals surface area contributed by atoms with E-state index in [1.54, 1.807) is 13.0 Å². The molecule has 2 aromatic carbocycles. The molecule has 0 atom stereocenters. The molecule has 2 heterocycles. The number of rotatable bonds is 8. The van der Waals surface area contributed by atoms with Crippen LogP contribution in [-0.4, -0.2) is 44.2 Å². The van der Waals surface area contributed by atoms with E-state index in [4.69, 9.17) is 4.42 Å². The highest BCUT2D eigenvalue weighted by molar-refractivity contribution is 5.86. The number of anilines is 1. The highest BCUT2D eigenvalue weighted by Gasteiger charge is 2.19. The third-order valence-corrected chi connectivity index (χ3v) is 6.50. The van der Waals surface area contributed by atoms with Crippen molar-refractivity contribution in [2.24, 2.45) is 10.2 Å². The van der Waals surface area contributed by atoms with Gasteiger partial charge < -0.3 is 25.1 Å². The molecule has 5 rings (SSSR count). The second-order valence-electron chi connectivity index (χ2n) is 9.10. The average molecular weight is 518 g/mol. The lowest BCUT2D eigenvalue weighted by Crippen LogP contribution is -2.15. The number of aromatic nitrogens is 2. The van der Waals surface area contributed by atoms with E-state index in [1.807, 2.05) is 12.1 Å². The number of H-pyrrole nitrogens is 1. The van der Waals surface area contributed by atoms with Crippen molar-refractivity contribution in [1.29, 1.82) is 0 Å². The molecule has 4 aromatic rings. The summed E-state index contributed by atoms with van der Waals surface area (Å²) < 4.78 is 6.78. The van der Waals surface area contributed by atoms with E-state index in [9.17, 15) is 24.9 Å². The number of fused-ring (bicyclic) bond motifs is 1. The third kappa shape index (κ3) is 4.83. The fourth-order valence-corrected chi connectivity index (χ4v) is 4.58. The number of hydrogen-bond acceptors (Lipinski definition) is 8. The van der Waals surface area contributed by atoms with Crippen molar-refractivity contribution < 1.29 is 24.5 Å². The van der Waals surface area contributed by atoms with Crippen LogP contribution in [0.5, 0.6) is 5.75 Å². The van der Waals surface area contributed by atoms with Crippen molar-refractivity contribution in [2.45, 2.75) is 32.6 Å². The zero-order valence-corrected chi connectivity index (χ0v) is 20.7. The minimum absolute atomic E-state index is 0.0246. The molecule has 0 bridgehead atoms.